The molecule has 4 aliphatic heterocycles. The minimum Gasteiger partial charge on any atom is -0.493 e. The van der Waals surface area contributed by atoms with Gasteiger partial charge in [0.25, 0.3) is 0 Å². The number of rotatable bonds is 16. The van der Waals surface area contributed by atoms with Crippen LogP contribution in [0.1, 0.15) is 36.8 Å². The molecule has 4 saturated heterocycles. The molecule has 4 aromatic rings. The summed E-state index contributed by atoms with van der Waals surface area (Å²) in [6.45, 7) is 11.9. The van der Waals surface area contributed by atoms with Gasteiger partial charge in [-0.25, -0.2) is 9.97 Å². The van der Waals surface area contributed by atoms with Crippen LogP contribution in [-0.4, -0.2) is 156 Å². The zero-order valence-electron chi connectivity index (χ0n) is 36.9. The summed E-state index contributed by atoms with van der Waals surface area (Å²) in [5, 5.41) is 42.5. The second kappa shape index (κ2) is 23.6. The van der Waals surface area contributed by atoms with Crippen molar-refractivity contribution in [1.82, 2.24) is 38.7 Å². The highest BCUT2D eigenvalue weighted by Gasteiger charge is 2.29. The van der Waals surface area contributed by atoms with Crippen LogP contribution < -0.4 is 20.1 Å². The van der Waals surface area contributed by atoms with Gasteiger partial charge < -0.3 is 48.5 Å². The Balaban J connectivity index is 0.000000196. The Morgan fingerprint density at radius 1 is 0.667 bits per heavy atom. The van der Waals surface area contributed by atoms with Crippen molar-refractivity contribution in [2.24, 2.45) is 11.8 Å². The average Bonchev–Trinajstić information content (AvgIpc) is 4.21. The summed E-state index contributed by atoms with van der Waals surface area (Å²) in [5.41, 5.74) is 2.36. The number of amides is 2. The van der Waals surface area contributed by atoms with Gasteiger partial charge >= 0.3 is 0 Å². The van der Waals surface area contributed by atoms with E-state index in [0.29, 0.717) is 92.2 Å². The van der Waals surface area contributed by atoms with Gasteiger partial charge in [-0.3, -0.25) is 19.4 Å². The molecule has 20 nitrogen and oxygen atoms in total. The van der Waals surface area contributed by atoms with Crippen LogP contribution in [0.3, 0.4) is 0 Å². The van der Waals surface area contributed by atoms with Gasteiger partial charge in [0.05, 0.1) is 86.4 Å². The largest absolute Gasteiger partial charge is 0.493 e. The molecule has 0 bridgehead atoms. The molecule has 2 aromatic heterocycles. The number of morpholine rings is 2. The molecule has 20 heteroatoms. The molecular formula is C46H54N14O6. The number of anilines is 2. The van der Waals surface area contributed by atoms with Crippen LogP contribution >= 0.6 is 0 Å². The van der Waals surface area contributed by atoms with Crippen LogP contribution in [0.2, 0.25) is 0 Å². The van der Waals surface area contributed by atoms with Crippen LogP contribution in [0.15, 0.2) is 61.4 Å². The predicted molar refractivity (Wildman–Crippen MR) is 239 cm³/mol. The molecule has 0 aliphatic carbocycles. The van der Waals surface area contributed by atoms with Crippen LogP contribution in [0.4, 0.5) is 11.6 Å². The number of carbonyl (C=O) groups is 2. The zero-order valence-corrected chi connectivity index (χ0v) is 36.9. The Morgan fingerprint density at radius 2 is 1.20 bits per heavy atom. The van der Waals surface area contributed by atoms with Crippen molar-refractivity contribution in [2.45, 2.75) is 25.7 Å². The van der Waals surface area contributed by atoms with Gasteiger partial charge in [-0.15, -0.1) is 0 Å². The van der Waals surface area contributed by atoms with Crippen LogP contribution in [-0.2, 0) is 19.1 Å². The standard InChI is InChI=1S/2C23H27N7O3/c24-13-18-2-3-20(33-9-1-5-28-7-10-32-11-8-28)12-21(18)30-15-22(26-17-30)27-23(31)19-4-6-29(14-19)16-25;24-13-18-2-3-20(12-21(18)33-9-1-5-28-7-10-32-11-8-28)30-15-22(26-17-30)27-23(31)19-4-6-29(14-19)16-25/h2*2-3,12,15,17,19H,1,4-11,14H2,(H,27,31)/t2*19-/m00/s1. The first-order chi connectivity index (χ1) is 32.3. The molecule has 4 aliphatic rings. The second-order valence-electron chi connectivity index (χ2n) is 16.3. The molecule has 0 saturated carbocycles. The van der Waals surface area contributed by atoms with Crippen molar-refractivity contribution in [2.75, 3.05) is 116 Å². The maximum atomic E-state index is 12.5. The summed E-state index contributed by atoms with van der Waals surface area (Å²) in [5.74, 6) is 1.29. The van der Waals surface area contributed by atoms with E-state index < -0.39 is 0 Å². The Hall–Kier alpha value is -7.20. The van der Waals surface area contributed by atoms with Gasteiger partial charge in [-0.2, -0.15) is 21.0 Å². The van der Waals surface area contributed by atoms with Gasteiger partial charge in [0, 0.05) is 77.6 Å². The van der Waals surface area contributed by atoms with Crippen molar-refractivity contribution in [3.05, 3.63) is 72.6 Å². The Bertz CT molecular complexity index is 2430. The number of hydrogen-bond donors (Lipinski definition) is 2. The number of likely N-dealkylation sites (tertiary alicyclic amines) is 2. The second-order valence-corrected chi connectivity index (χ2v) is 16.3. The van der Waals surface area contributed by atoms with E-state index in [4.69, 9.17) is 29.5 Å². The van der Waals surface area contributed by atoms with Crippen molar-refractivity contribution in [3.63, 3.8) is 0 Å². The first-order valence-electron chi connectivity index (χ1n) is 22.3. The van der Waals surface area contributed by atoms with E-state index in [1.54, 1.807) is 62.2 Å². The Morgan fingerprint density at radius 3 is 1.74 bits per heavy atom. The fourth-order valence-electron chi connectivity index (χ4n) is 8.03. The fourth-order valence-corrected chi connectivity index (χ4v) is 8.03. The summed E-state index contributed by atoms with van der Waals surface area (Å²) in [7, 11) is 0. The third-order valence-electron chi connectivity index (χ3n) is 11.8. The van der Waals surface area contributed by atoms with Gasteiger partial charge in [0.15, 0.2) is 24.0 Å². The van der Waals surface area contributed by atoms with Crippen molar-refractivity contribution >= 4 is 23.5 Å². The number of carbonyl (C=O) groups excluding carboxylic acids is 2. The minimum absolute atomic E-state index is 0.137. The SMILES string of the molecule is N#Cc1ccc(-n2cnc(NC(=O)[C@H]3CCN(C#N)C3)c2)cc1OCCCN1CCOCC1.N#Cc1ccc(OCCCN2CCOCC2)cc1-n1cnc(NC(=O)[C@H]2CCN(C#N)C2)c1. The number of hydrogen-bond acceptors (Lipinski definition) is 16. The summed E-state index contributed by atoms with van der Waals surface area (Å²) >= 11 is 0. The lowest BCUT2D eigenvalue weighted by molar-refractivity contribution is -0.120. The highest BCUT2D eigenvalue weighted by atomic mass is 16.5. The molecule has 0 unspecified atom stereocenters. The van der Waals surface area contributed by atoms with Crippen molar-refractivity contribution in [3.8, 4) is 47.4 Å². The Kier molecular flexibility index (Phi) is 16.8. The van der Waals surface area contributed by atoms with E-state index in [1.165, 1.54) is 0 Å². The molecule has 2 amide bonds. The normalized spacial score (nSPS) is 18.5. The van der Waals surface area contributed by atoms with Crippen LogP contribution in [0.5, 0.6) is 11.5 Å². The van der Waals surface area contributed by atoms with Crippen LogP contribution in [0, 0.1) is 57.4 Å². The highest BCUT2D eigenvalue weighted by molar-refractivity contribution is 5.92. The first kappa shape index (κ1) is 46.8. The topological polar surface area (TPSA) is 239 Å². The van der Waals surface area contributed by atoms with Gasteiger partial charge in [0.2, 0.25) is 11.8 Å². The molecule has 66 heavy (non-hydrogen) atoms. The van der Waals surface area contributed by atoms with Crippen molar-refractivity contribution < 1.29 is 28.5 Å². The van der Waals surface area contributed by atoms with E-state index in [0.717, 1.165) is 84.2 Å². The summed E-state index contributed by atoms with van der Waals surface area (Å²) in [6.07, 6.45) is 13.8. The molecule has 0 radical (unpaired) electrons. The number of nitrogens with one attached hydrogen (secondary N) is 2. The molecule has 0 spiro atoms. The number of imidazole rings is 2. The lowest BCUT2D eigenvalue weighted by atomic mass is 10.1. The first-order valence-corrected chi connectivity index (χ1v) is 22.3. The zero-order chi connectivity index (χ0) is 46.1. The van der Waals surface area contributed by atoms with Gasteiger partial charge in [0.1, 0.15) is 36.3 Å². The number of nitrogens with zero attached hydrogens (tertiary/aromatic N) is 12. The molecule has 4 fully saturated rings. The Labute approximate surface area is 384 Å². The van der Waals surface area contributed by atoms with Gasteiger partial charge in [-0.1, -0.05) is 0 Å². The molecule has 8 rings (SSSR count). The lowest BCUT2D eigenvalue weighted by Gasteiger charge is -2.26. The average molecular weight is 899 g/mol. The molecule has 2 atom stereocenters. The van der Waals surface area contributed by atoms with Crippen LogP contribution in [0.25, 0.3) is 11.4 Å². The lowest BCUT2D eigenvalue weighted by Crippen LogP contribution is -2.37. The molecular weight excluding hydrogens is 845 g/mol. The predicted octanol–water partition coefficient (Wildman–Crippen LogP) is 3.17. The van der Waals surface area contributed by atoms with E-state index in [1.807, 2.05) is 18.2 Å². The maximum absolute atomic E-state index is 12.5. The third kappa shape index (κ3) is 13.0. The number of nitriles is 4. The summed E-state index contributed by atoms with van der Waals surface area (Å²) in [4.78, 5) is 41.3. The monoisotopic (exact) mass is 898 g/mol. The summed E-state index contributed by atoms with van der Waals surface area (Å²) in [6, 6.07) is 15.0. The van der Waals surface area contributed by atoms with E-state index in [2.05, 4.69) is 54.9 Å². The third-order valence-corrected chi connectivity index (χ3v) is 11.8. The quantitative estimate of drug-likeness (QED) is 0.121. The highest BCUT2D eigenvalue weighted by Crippen LogP contribution is 2.26. The van der Waals surface area contributed by atoms with E-state index >= 15 is 0 Å². The fraction of sp³-hybridized carbons (Fsp3) is 0.478. The number of aromatic nitrogens is 4. The van der Waals surface area contributed by atoms with E-state index in [9.17, 15) is 20.1 Å². The molecule has 6 heterocycles. The smallest absolute Gasteiger partial charge is 0.230 e. The molecule has 344 valence electrons. The minimum atomic E-state index is -0.237. The number of benzene rings is 2. The number of ether oxygens (including phenoxy) is 4. The van der Waals surface area contributed by atoms with Gasteiger partial charge in [-0.05, 0) is 49.9 Å². The molecule has 2 N–H and O–H groups in total. The van der Waals surface area contributed by atoms with Crippen molar-refractivity contribution in [1.29, 1.82) is 21.0 Å². The summed E-state index contributed by atoms with van der Waals surface area (Å²) < 4.78 is 26.0. The van der Waals surface area contributed by atoms with E-state index in [-0.39, 0.29) is 23.7 Å². The maximum Gasteiger partial charge on any atom is 0.230 e. The molecule has 2 aromatic carbocycles.